The third-order valence-corrected chi connectivity index (χ3v) is 3.44. The molecule has 0 aliphatic carbocycles. The van der Waals surface area contributed by atoms with Gasteiger partial charge in [-0.15, -0.1) is 0 Å². The van der Waals surface area contributed by atoms with E-state index in [0.29, 0.717) is 16.5 Å². The van der Waals surface area contributed by atoms with Gasteiger partial charge < -0.3 is 14.8 Å². The summed E-state index contributed by atoms with van der Waals surface area (Å²) < 4.78 is 11.1. The number of halogens is 1. The third kappa shape index (κ3) is 3.97. The van der Waals surface area contributed by atoms with Gasteiger partial charge in [-0.25, -0.2) is 0 Å². The molecule has 1 amide bonds. The summed E-state index contributed by atoms with van der Waals surface area (Å²) in [4.78, 5) is 12.1. The second-order valence-electron chi connectivity index (χ2n) is 4.89. The second kappa shape index (κ2) is 7.08. The fraction of sp³-hybridized carbons (Fsp3) is 0.167. The van der Waals surface area contributed by atoms with Gasteiger partial charge in [-0.3, -0.25) is 4.79 Å². The predicted octanol–water partition coefficient (Wildman–Crippen LogP) is 2.65. The number of amides is 1. The van der Waals surface area contributed by atoms with E-state index in [2.05, 4.69) is 17.2 Å². The van der Waals surface area contributed by atoms with Crippen molar-refractivity contribution < 1.29 is 14.3 Å². The Hall–Kier alpha value is -2.64. The lowest BCUT2D eigenvalue weighted by molar-refractivity contribution is -0.130. The van der Waals surface area contributed by atoms with E-state index in [9.17, 15) is 4.79 Å². The Bertz CT molecular complexity index is 779. The van der Waals surface area contributed by atoms with Crippen molar-refractivity contribution in [2.45, 2.75) is 6.10 Å². The lowest BCUT2D eigenvalue weighted by atomic mass is 10.2. The van der Waals surface area contributed by atoms with Gasteiger partial charge in [-0.05, 0) is 30.3 Å². The summed E-state index contributed by atoms with van der Waals surface area (Å²) in [5.41, 5.74) is 0.804. The van der Waals surface area contributed by atoms with Gasteiger partial charge in [0, 0.05) is 10.6 Å². The second-order valence-corrected chi connectivity index (χ2v) is 5.33. The molecule has 116 valence electrons. The van der Waals surface area contributed by atoms with Crippen LogP contribution in [0.15, 0.2) is 48.5 Å². The first-order valence-electron chi connectivity index (χ1n) is 7.13. The molecule has 0 radical (unpaired) electrons. The van der Waals surface area contributed by atoms with Gasteiger partial charge in [-0.1, -0.05) is 41.6 Å². The highest BCUT2D eigenvalue weighted by Crippen LogP contribution is 2.30. The van der Waals surface area contributed by atoms with Crippen LogP contribution in [-0.4, -0.2) is 25.2 Å². The molecule has 1 atom stereocenters. The van der Waals surface area contributed by atoms with Crippen LogP contribution in [0.1, 0.15) is 5.56 Å². The van der Waals surface area contributed by atoms with Gasteiger partial charge in [-0.2, -0.15) is 0 Å². The molecule has 2 aromatic carbocycles. The summed E-state index contributed by atoms with van der Waals surface area (Å²) in [7, 11) is 0. The summed E-state index contributed by atoms with van der Waals surface area (Å²) in [6.07, 6.45) is -0.669. The van der Waals surface area contributed by atoms with Crippen LogP contribution in [0.2, 0.25) is 5.02 Å². The molecular weight excluding hydrogens is 314 g/mol. The molecule has 1 heterocycles. The van der Waals surface area contributed by atoms with Gasteiger partial charge in [0.25, 0.3) is 5.91 Å². The molecule has 0 aromatic heterocycles. The standard InChI is InChI=1S/C18H14ClNO3/c19-14-7-3-5-13(11-14)6-4-10-20-18(21)17-12-22-15-8-1-2-9-16(15)23-17/h1-3,5,7-9,11,17H,10,12H2,(H,20,21). The maximum Gasteiger partial charge on any atom is 0.265 e. The minimum absolute atomic E-state index is 0.185. The summed E-state index contributed by atoms with van der Waals surface area (Å²) in [6, 6.07) is 14.5. The lowest BCUT2D eigenvalue weighted by Gasteiger charge is -2.25. The zero-order valence-corrected chi connectivity index (χ0v) is 13.0. The SMILES string of the molecule is O=C(NCC#Cc1cccc(Cl)c1)C1COc2ccccc2O1. The van der Waals surface area contributed by atoms with E-state index in [1.807, 2.05) is 24.3 Å². The third-order valence-electron chi connectivity index (χ3n) is 3.21. The van der Waals surface area contributed by atoms with Crippen molar-refractivity contribution in [1.29, 1.82) is 0 Å². The summed E-state index contributed by atoms with van der Waals surface area (Å²) in [5, 5.41) is 3.35. The Morgan fingerprint density at radius 3 is 2.87 bits per heavy atom. The minimum atomic E-state index is -0.669. The normalized spacial score (nSPS) is 15.3. The molecule has 1 unspecified atom stereocenters. The Labute approximate surface area is 139 Å². The highest BCUT2D eigenvalue weighted by molar-refractivity contribution is 6.30. The highest BCUT2D eigenvalue weighted by Gasteiger charge is 2.26. The van der Waals surface area contributed by atoms with Gasteiger partial charge in [0.15, 0.2) is 11.5 Å². The van der Waals surface area contributed by atoms with E-state index in [4.69, 9.17) is 21.1 Å². The monoisotopic (exact) mass is 327 g/mol. The van der Waals surface area contributed by atoms with Crippen molar-refractivity contribution in [3.05, 3.63) is 59.1 Å². The van der Waals surface area contributed by atoms with Crippen LogP contribution >= 0.6 is 11.6 Å². The average Bonchev–Trinajstić information content (AvgIpc) is 2.58. The number of para-hydroxylation sites is 2. The van der Waals surface area contributed by atoms with E-state index < -0.39 is 6.10 Å². The van der Waals surface area contributed by atoms with Crippen LogP contribution < -0.4 is 14.8 Å². The van der Waals surface area contributed by atoms with Crippen LogP contribution in [0.3, 0.4) is 0 Å². The summed E-state index contributed by atoms with van der Waals surface area (Å²) in [6.45, 7) is 0.414. The molecule has 1 aliphatic rings. The quantitative estimate of drug-likeness (QED) is 0.863. The number of carbonyl (C=O) groups excluding carboxylic acids is 1. The topological polar surface area (TPSA) is 47.6 Å². The van der Waals surface area contributed by atoms with Crippen LogP contribution in [0.5, 0.6) is 11.5 Å². The zero-order chi connectivity index (χ0) is 16.1. The largest absolute Gasteiger partial charge is 0.485 e. The van der Waals surface area contributed by atoms with Crippen LogP contribution in [0.4, 0.5) is 0 Å². The van der Waals surface area contributed by atoms with Crippen LogP contribution in [0, 0.1) is 11.8 Å². The number of hydrogen-bond donors (Lipinski definition) is 1. The molecule has 0 spiro atoms. The number of hydrogen-bond acceptors (Lipinski definition) is 3. The molecule has 23 heavy (non-hydrogen) atoms. The Kier molecular flexibility index (Phi) is 4.70. The number of ether oxygens (including phenoxy) is 2. The molecule has 0 saturated carbocycles. The van der Waals surface area contributed by atoms with Crippen LogP contribution in [-0.2, 0) is 4.79 Å². The summed E-state index contributed by atoms with van der Waals surface area (Å²) in [5.74, 6) is 6.79. The van der Waals surface area contributed by atoms with Crippen molar-refractivity contribution in [2.24, 2.45) is 0 Å². The maximum absolute atomic E-state index is 12.1. The highest BCUT2D eigenvalue weighted by atomic mass is 35.5. The van der Waals surface area contributed by atoms with Crippen molar-refractivity contribution in [2.75, 3.05) is 13.2 Å². The van der Waals surface area contributed by atoms with Gasteiger partial charge in [0.1, 0.15) is 6.61 Å². The molecule has 1 aliphatic heterocycles. The molecule has 3 rings (SSSR count). The number of carbonyl (C=O) groups is 1. The lowest BCUT2D eigenvalue weighted by Crippen LogP contribution is -2.44. The first-order valence-corrected chi connectivity index (χ1v) is 7.51. The van der Waals surface area contributed by atoms with Crippen molar-refractivity contribution >= 4 is 17.5 Å². The fourth-order valence-electron chi connectivity index (χ4n) is 2.11. The zero-order valence-electron chi connectivity index (χ0n) is 12.2. The van der Waals surface area contributed by atoms with E-state index in [-0.39, 0.29) is 19.1 Å². The number of fused-ring (bicyclic) bond motifs is 1. The van der Waals surface area contributed by atoms with Crippen molar-refractivity contribution in [1.82, 2.24) is 5.32 Å². The average molecular weight is 328 g/mol. The van der Waals surface area contributed by atoms with Crippen molar-refractivity contribution in [3.63, 3.8) is 0 Å². The van der Waals surface area contributed by atoms with E-state index in [1.54, 1.807) is 24.3 Å². The number of benzene rings is 2. The first-order chi connectivity index (χ1) is 11.2. The van der Waals surface area contributed by atoms with Gasteiger partial charge in [0.05, 0.1) is 6.54 Å². The Morgan fingerprint density at radius 2 is 2.04 bits per heavy atom. The molecule has 0 saturated heterocycles. The van der Waals surface area contributed by atoms with Crippen LogP contribution in [0.25, 0.3) is 0 Å². The molecule has 1 N–H and O–H groups in total. The fourth-order valence-corrected chi connectivity index (χ4v) is 2.30. The van der Waals surface area contributed by atoms with Crippen molar-refractivity contribution in [3.8, 4) is 23.3 Å². The molecule has 5 heteroatoms. The maximum atomic E-state index is 12.1. The molecule has 4 nitrogen and oxygen atoms in total. The Morgan fingerprint density at radius 1 is 1.22 bits per heavy atom. The van der Waals surface area contributed by atoms with E-state index in [0.717, 1.165) is 5.56 Å². The Balaban J connectivity index is 1.53. The smallest absolute Gasteiger partial charge is 0.265 e. The minimum Gasteiger partial charge on any atom is -0.485 e. The van der Waals surface area contributed by atoms with E-state index in [1.165, 1.54) is 0 Å². The molecule has 2 aromatic rings. The van der Waals surface area contributed by atoms with Gasteiger partial charge >= 0.3 is 0 Å². The van der Waals surface area contributed by atoms with Gasteiger partial charge in [0.2, 0.25) is 6.10 Å². The number of rotatable bonds is 2. The molecule has 0 bridgehead atoms. The molecular formula is C18H14ClNO3. The predicted molar refractivity (Wildman–Crippen MR) is 87.7 cm³/mol. The summed E-state index contributed by atoms with van der Waals surface area (Å²) >= 11 is 5.88. The first kappa shape index (κ1) is 15.3. The molecule has 0 fully saturated rings. The number of nitrogens with one attached hydrogen (secondary N) is 1. The van der Waals surface area contributed by atoms with E-state index >= 15 is 0 Å².